The third kappa shape index (κ3) is 3.28. The molecular formula is C21H26BNO5. The van der Waals surface area contributed by atoms with E-state index < -0.39 is 18.3 Å². The van der Waals surface area contributed by atoms with Gasteiger partial charge in [0.05, 0.1) is 24.4 Å². The van der Waals surface area contributed by atoms with Gasteiger partial charge in [0.25, 0.3) is 5.91 Å². The number of benzene rings is 2. The van der Waals surface area contributed by atoms with Crippen LogP contribution in [0.4, 0.5) is 0 Å². The van der Waals surface area contributed by atoms with E-state index in [1.165, 1.54) is 0 Å². The summed E-state index contributed by atoms with van der Waals surface area (Å²) < 4.78 is 17.7. The van der Waals surface area contributed by atoms with Gasteiger partial charge in [-0.15, -0.1) is 0 Å². The summed E-state index contributed by atoms with van der Waals surface area (Å²) in [7, 11) is -0.617. The van der Waals surface area contributed by atoms with Gasteiger partial charge >= 0.3 is 7.12 Å². The highest BCUT2D eigenvalue weighted by molar-refractivity contribution is 6.65. The summed E-state index contributed by atoms with van der Waals surface area (Å²) >= 11 is 0. The Morgan fingerprint density at radius 1 is 1.04 bits per heavy atom. The number of phenols is 1. The molecule has 0 spiro atoms. The van der Waals surface area contributed by atoms with Crippen molar-refractivity contribution in [3.8, 4) is 5.75 Å². The summed E-state index contributed by atoms with van der Waals surface area (Å²) in [5, 5.41) is 11.9. The van der Waals surface area contributed by atoms with Gasteiger partial charge in [0.2, 0.25) is 0 Å². The maximum Gasteiger partial charge on any atom is 0.495 e. The largest absolute Gasteiger partial charge is 0.508 e. The molecule has 0 aliphatic carbocycles. The van der Waals surface area contributed by atoms with E-state index in [9.17, 15) is 9.90 Å². The quantitative estimate of drug-likeness (QED) is 0.807. The second kappa shape index (κ2) is 6.76. The molecule has 0 atom stereocenters. The van der Waals surface area contributed by atoms with Crippen molar-refractivity contribution in [1.29, 1.82) is 0 Å². The van der Waals surface area contributed by atoms with E-state index in [1.54, 1.807) is 23.1 Å². The Balaban J connectivity index is 1.75. The molecule has 2 aliphatic heterocycles. The third-order valence-corrected chi connectivity index (χ3v) is 6.02. The molecule has 4 rings (SSSR count). The van der Waals surface area contributed by atoms with Crippen molar-refractivity contribution < 1.29 is 23.9 Å². The SMILES string of the molecule is CC1(C)OB(c2cc(O)cc3ccc(C(=O)N4CCOCC4)cc23)OC1(C)C. The number of fused-ring (bicyclic) bond motifs is 1. The molecule has 6 nitrogen and oxygen atoms in total. The van der Waals surface area contributed by atoms with Crippen LogP contribution in [-0.2, 0) is 14.0 Å². The zero-order valence-corrected chi connectivity index (χ0v) is 16.8. The van der Waals surface area contributed by atoms with Crippen molar-refractivity contribution in [2.45, 2.75) is 38.9 Å². The minimum Gasteiger partial charge on any atom is -0.508 e. The number of aromatic hydroxyl groups is 1. The second-order valence-electron chi connectivity index (χ2n) is 8.46. The van der Waals surface area contributed by atoms with Gasteiger partial charge in [-0.3, -0.25) is 4.79 Å². The molecule has 0 aromatic heterocycles. The number of rotatable bonds is 2. The van der Waals surface area contributed by atoms with Gasteiger partial charge in [-0.1, -0.05) is 6.07 Å². The highest BCUT2D eigenvalue weighted by Crippen LogP contribution is 2.37. The third-order valence-electron chi connectivity index (χ3n) is 6.02. The molecule has 2 aromatic rings. The zero-order chi connectivity index (χ0) is 20.1. The van der Waals surface area contributed by atoms with Crippen molar-refractivity contribution >= 4 is 29.3 Å². The van der Waals surface area contributed by atoms with Crippen LogP contribution in [0, 0.1) is 0 Å². The van der Waals surface area contributed by atoms with Gasteiger partial charge in [0.1, 0.15) is 5.75 Å². The summed E-state index contributed by atoms with van der Waals surface area (Å²) in [4.78, 5) is 14.7. The Morgan fingerprint density at radius 3 is 2.32 bits per heavy atom. The van der Waals surface area contributed by atoms with Crippen LogP contribution >= 0.6 is 0 Å². The molecule has 2 aromatic carbocycles. The number of hydrogen-bond acceptors (Lipinski definition) is 5. The standard InChI is InChI=1S/C21H26BNO5/c1-20(2)21(3,4)28-22(27-20)18-13-16(24)11-14-5-6-15(12-17(14)18)19(25)23-7-9-26-10-8-23/h5-6,11-13,24H,7-10H2,1-4H3. The molecule has 1 amide bonds. The zero-order valence-electron chi connectivity index (χ0n) is 16.8. The molecule has 2 heterocycles. The molecule has 2 fully saturated rings. The fourth-order valence-electron chi connectivity index (χ4n) is 3.62. The Labute approximate surface area is 165 Å². The minimum absolute atomic E-state index is 0.0156. The van der Waals surface area contributed by atoms with Gasteiger partial charge in [-0.25, -0.2) is 0 Å². The van der Waals surface area contributed by atoms with Gasteiger partial charge in [0.15, 0.2) is 0 Å². The monoisotopic (exact) mass is 383 g/mol. The molecule has 1 N–H and O–H groups in total. The lowest BCUT2D eigenvalue weighted by Crippen LogP contribution is -2.41. The smallest absolute Gasteiger partial charge is 0.495 e. The van der Waals surface area contributed by atoms with Gasteiger partial charge in [0, 0.05) is 18.7 Å². The highest BCUT2D eigenvalue weighted by Gasteiger charge is 2.52. The van der Waals surface area contributed by atoms with E-state index in [0.717, 1.165) is 16.2 Å². The second-order valence-corrected chi connectivity index (χ2v) is 8.46. The fourth-order valence-corrected chi connectivity index (χ4v) is 3.62. The van der Waals surface area contributed by atoms with Crippen molar-refractivity contribution in [2.75, 3.05) is 26.3 Å². The fraction of sp³-hybridized carbons (Fsp3) is 0.476. The molecule has 7 heteroatoms. The number of amides is 1. The lowest BCUT2D eigenvalue weighted by atomic mass is 9.75. The Hall–Kier alpha value is -2.09. The van der Waals surface area contributed by atoms with Crippen LogP contribution < -0.4 is 5.46 Å². The number of nitrogens with zero attached hydrogens (tertiary/aromatic N) is 1. The Kier molecular flexibility index (Phi) is 4.64. The summed E-state index contributed by atoms with van der Waals surface area (Å²) in [5.41, 5.74) is 0.357. The van der Waals surface area contributed by atoms with E-state index in [-0.39, 0.29) is 11.7 Å². The van der Waals surface area contributed by atoms with Crippen LogP contribution in [0.3, 0.4) is 0 Å². The van der Waals surface area contributed by atoms with Crippen LogP contribution in [0.1, 0.15) is 38.1 Å². The minimum atomic E-state index is -0.617. The lowest BCUT2D eigenvalue weighted by Gasteiger charge is -2.32. The van der Waals surface area contributed by atoms with Crippen LogP contribution in [-0.4, -0.2) is 60.5 Å². The molecule has 148 valence electrons. The number of phenolic OH excluding ortho intramolecular Hbond substituents is 1. The van der Waals surface area contributed by atoms with E-state index >= 15 is 0 Å². The van der Waals surface area contributed by atoms with Gasteiger partial charge in [-0.2, -0.15) is 0 Å². The van der Waals surface area contributed by atoms with Crippen molar-refractivity contribution in [2.24, 2.45) is 0 Å². The van der Waals surface area contributed by atoms with Crippen LogP contribution in [0.5, 0.6) is 5.75 Å². The van der Waals surface area contributed by atoms with E-state index in [4.69, 9.17) is 14.0 Å². The number of ether oxygens (including phenoxy) is 1. The average molecular weight is 383 g/mol. The topological polar surface area (TPSA) is 68.2 Å². The lowest BCUT2D eigenvalue weighted by molar-refractivity contribution is 0.00578. The molecule has 2 saturated heterocycles. The molecule has 0 saturated carbocycles. The molecule has 0 radical (unpaired) electrons. The number of carbonyl (C=O) groups excluding carboxylic acids is 1. The Bertz CT molecular complexity index is 904. The first-order chi connectivity index (χ1) is 13.2. The molecule has 28 heavy (non-hydrogen) atoms. The van der Waals surface area contributed by atoms with Crippen molar-refractivity contribution in [3.63, 3.8) is 0 Å². The van der Waals surface area contributed by atoms with Gasteiger partial charge < -0.3 is 24.1 Å². The number of morpholine rings is 1. The van der Waals surface area contributed by atoms with E-state index in [1.807, 2.05) is 39.8 Å². The van der Waals surface area contributed by atoms with Crippen LogP contribution in [0.2, 0.25) is 0 Å². The molecule has 0 bridgehead atoms. The normalized spacial score (nSPS) is 21.3. The first kappa shape index (κ1) is 19.2. The van der Waals surface area contributed by atoms with E-state index in [2.05, 4.69) is 0 Å². The summed E-state index contributed by atoms with van der Waals surface area (Å²) in [5.74, 6) is 0.127. The first-order valence-corrected chi connectivity index (χ1v) is 9.67. The van der Waals surface area contributed by atoms with Crippen molar-refractivity contribution in [3.05, 3.63) is 35.9 Å². The summed E-state index contributed by atoms with van der Waals surface area (Å²) in [6, 6.07) is 8.87. The van der Waals surface area contributed by atoms with E-state index in [0.29, 0.717) is 31.9 Å². The van der Waals surface area contributed by atoms with Gasteiger partial charge in [-0.05, 0) is 68.2 Å². The number of carbonyl (C=O) groups is 1. The Morgan fingerprint density at radius 2 is 1.68 bits per heavy atom. The summed E-state index contributed by atoms with van der Waals surface area (Å²) in [6.45, 7) is 10.3. The molecular weight excluding hydrogens is 357 g/mol. The maximum absolute atomic E-state index is 12.9. The summed E-state index contributed by atoms with van der Waals surface area (Å²) in [6.07, 6.45) is 0. The predicted octanol–water partition coefficient (Wildman–Crippen LogP) is 2.32. The predicted molar refractivity (Wildman–Crippen MR) is 108 cm³/mol. The number of hydrogen-bond donors (Lipinski definition) is 1. The first-order valence-electron chi connectivity index (χ1n) is 9.67. The maximum atomic E-state index is 12.9. The average Bonchev–Trinajstić information content (AvgIpc) is 2.88. The van der Waals surface area contributed by atoms with Crippen molar-refractivity contribution in [1.82, 2.24) is 4.90 Å². The molecule has 2 aliphatic rings. The van der Waals surface area contributed by atoms with Crippen LogP contribution in [0.15, 0.2) is 30.3 Å². The molecule has 0 unspecified atom stereocenters. The highest BCUT2D eigenvalue weighted by atomic mass is 16.7. The van der Waals surface area contributed by atoms with Crippen LogP contribution in [0.25, 0.3) is 10.8 Å².